The second-order valence-electron chi connectivity index (χ2n) is 4.28. The van der Waals surface area contributed by atoms with E-state index in [1.165, 1.54) is 10.9 Å². The molecule has 0 aliphatic carbocycles. The Bertz CT molecular complexity index is 440. The highest BCUT2D eigenvalue weighted by Gasteiger charge is 2.19. The zero-order valence-corrected chi connectivity index (χ0v) is 8.99. The summed E-state index contributed by atoms with van der Waals surface area (Å²) in [5.74, 6) is 0. The standard InChI is InChI=1S/C12H16N2/c1-4-12(2,3)14-11-8-6-5-7-10(11)9-13-14/h5-9H,4H2,1-3H3. The van der Waals surface area contributed by atoms with E-state index in [4.69, 9.17) is 0 Å². The van der Waals surface area contributed by atoms with Crippen molar-refractivity contribution in [2.24, 2.45) is 0 Å². The molecule has 2 rings (SSSR count). The Labute approximate surface area is 84.5 Å². The summed E-state index contributed by atoms with van der Waals surface area (Å²) in [6.07, 6.45) is 3.02. The first kappa shape index (κ1) is 9.25. The predicted octanol–water partition coefficient (Wildman–Crippen LogP) is 3.18. The van der Waals surface area contributed by atoms with E-state index < -0.39 is 0 Å². The minimum absolute atomic E-state index is 0.100. The van der Waals surface area contributed by atoms with E-state index in [1.54, 1.807) is 0 Å². The molecule has 0 saturated carbocycles. The maximum absolute atomic E-state index is 4.45. The van der Waals surface area contributed by atoms with E-state index in [1.807, 2.05) is 12.3 Å². The molecule has 0 bridgehead atoms. The Hall–Kier alpha value is -1.31. The van der Waals surface area contributed by atoms with Crippen molar-refractivity contribution in [1.82, 2.24) is 9.78 Å². The van der Waals surface area contributed by atoms with Gasteiger partial charge in [0, 0.05) is 5.39 Å². The highest BCUT2D eigenvalue weighted by Crippen LogP contribution is 2.24. The van der Waals surface area contributed by atoms with Crippen molar-refractivity contribution < 1.29 is 0 Å². The monoisotopic (exact) mass is 188 g/mol. The van der Waals surface area contributed by atoms with Crippen LogP contribution in [-0.4, -0.2) is 9.78 Å². The van der Waals surface area contributed by atoms with Gasteiger partial charge < -0.3 is 0 Å². The molecule has 1 heterocycles. The summed E-state index contributed by atoms with van der Waals surface area (Å²) < 4.78 is 2.11. The molecule has 14 heavy (non-hydrogen) atoms. The van der Waals surface area contributed by atoms with Crippen LogP contribution in [0.5, 0.6) is 0 Å². The molecule has 1 aromatic carbocycles. The van der Waals surface area contributed by atoms with Crippen LogP contribution in [0.1, 0.15) is 27.2 Å². The van der Waals surface area contributed by atoms with Gasteiger partial charge in [0.05, 0.1) is 17.3 Å². The van der Waals surface area contributed by atoms with E-state index in [-0.39, 0.29) is 5.54 Å². The molecule has 2 heteroatoms. The van der Waals surface area contributed by atoms with Crippen LogP contribution in [-0.2, 0) is 5.54 Å². The van der Waals surface area contributed by atoms with Crippen molar-refractivity contribution in [3.8, 4) is 0 Å². The van der Waals surface area contributed by atoms with Crippen molar-refractivity contribution in [1.29, 1.82) is 0 Å². The Morgan fingerprint density at radius 2 is 2.00 bits per heavy atom. The lowest BCUT2D eigenvalue weighted by Gasteiger charge is -2.24. The van der Waals surface area contributed by atoms with Crippen LogP contribution in [0.3, 0.4) is 0 Å². The van der Waals surface area contributed by atoms with Crippen molar-refractivity contribution in [3.63, 3.8) is 0 Å². The van der Waals surface area contributed by atoms with E-state index in [0.29, 0.717) is 0 Å². The van der Waals surface area contributed by atoms with Gasteiger partial charge in [0.15, 0.2) is 0 Å². The van der Waals surface area contributed by atoms with Crippen LogP contribution in [0.15, 0.2) is 30.5 Å². The molecule has 0 aliphatic heterocycles. The molecule has 1 aromatic heterocycles. The summed E-state index contributed by atoms with van der Waals surface area (Å²) in [6.45, 7) is 6.62. The maximum atomic E-state index is 4.45. The molecule has 0 radical (unpaired) electrons. The second kappa shape index (κ2) is 3.12. The Kier molecular flexibility index (Phi) is 2.06. The quantitative estimate of drug-likeness (QED) is 0.707. The van der Waals surface area contributed by atoms with Gasteiger partial charge in [-0.3, -0.25) is 4.68 Å². The zero-order chi connectivity index (χ0) is 10.2. The summed E-state index contributed by atoms with van der Waals surface area (Å²) in [5.41, 5.74) is 1.32. The van der Waals surface area contributed by atoms with Crippen LogP contribution in [0.25, 0.3) is 10.9 Å². The fourth-order valence-electron chi connectivity index (χ4n) is 1.60. The van der Waals surface area contributed by atoms with Crippen LogP contribution in [0.4, 0.5) is 0 Å². The highest BCUT2D eigenvalue weighted by atomic mass is 15.3. The van der Waals surface area contributed by atoms with Crippen LogP contribution < -0.4 is 0 Å². The molecule has 2 aromatic rings. The van der Waals surface area contributed by atoms with Gasteiger partial charge in [-0.05, 0) is 26.3 Å². The van der Waals surface area contributed by atoms with Gasteiger partial charge in [-0.15, -0.1) is 0 Å². The van der Waals surface area contributed by atoms with E-state index in [0.717, 1.165) is 6.42 Å². The molecular weight excluding hydrogens is 172 g/mol. The Morgan fingerprint density at radius 1 is 1.29 bits per heavy atom. The predicted molar refractivity (Wildman–Crippen MR) is 59.3 cm³/mol. The smallest absolute Gasteiger partial charge is 0.0688 e. The molecule has 0 N–H and O–H groups in total. The number of fused-ring (bicyclic) bond motifs is 1. The average Bonchev–Trinajstić information content (AvgIpc) is 2.61. The van der Waals surface area contributed by atoms with Crippen LogP contribution in [0, 0.1) is 0 Å². The number of hydrogen-bond acceptors (Lipinski definition) is 1. The topological polar surface area (TPSA) is 17.8 Å². The van der Waals surface area contributed by atoms with E-state index in [9.17, 15) is 0 Å². The summed E-state index contributed by atoms with van der Waals surface area (Å²) in [4.78, 5) is 0. The summed E-state index contributed by atoms with van der Waals surface area (Å²) in [5, 5.41) is 5.67. The molecule has 74 valence electrons. The van der Waals surface area contributed by atoms with Gasteiger partial charge >= 0.3 is 0 Å². The van der Waals surface area contributed by atoms with E-state index >= 15 is 0 Å². The zero-order valence-electron chi connectivity index (χ0n) is 8.99. The fourth-order valence-corrected chi connectivity index (χ4v) is 1.60. The molecule has 0 aliphatic rings. The number of benzene rings is 1. The third-order valence-electron chi connectivity index (χ3n) is 2.92. The van der Waals surface area contributed by atoms with Gasteiger partial charge in [-0.25, -0.2) is 0 Å². The fraction of sp³-hybridized carbons (Fsp3) is 0.417. The Balaban J connectivity index is 2.64. The van der Waals surface area contributed by atoms with Crippen LogP contribution in [0.2, 0.25) is 0 Å². The molecule has 0 unspecified atom stereocenters. The first-order valence-electron chi connectivity index (χ1n) is 5.08. The van der Waals surface area contributed by atoms with Crippen LogP contribution >= 0.6 is 0 Å². The first-order chi connectivity index (χ1) is 6.65. The van der Waals surface area contributed by atoms with Gasteiger partial charge in [-0.2, -0.15) is 5.10 Å². The molecular formula is C12H16N2. The van der Waals surface area contributed by atoms with Crippen molar-refractivity contribution in [3.05, 3.63) is 30.5 Å². The third kappa shape index (κ3) is 1.31. The molecule has 0 spiro atoms. The number of aromatic nitrogens is 2. The molecule has 2 nitrogen and oxygen atoms in total. The number of rotatable bonds is 2. The summed E-state index contributed by atoms with van der Waals surface area (Å²) >= 11 is 0. The second-order valence-corrected chi connectivity index (χ2v) is 4.28. The molecule has 0 atom stereocenters. The SMILES string of the molecule is CCC(C)(C)n1ncc2ccccc21. The lowest BCUT2D eigenvalue weighted by molar-refractivity contribution is 0.319. The average molecular weight is 188 g/mol. The van der Waals surface area contributed by atoms with E-state index in [2.05, 4.69) is 48.8 Å². The third-order valence-corrected chi connectivity index (χ3v) is 2.92. The molecule has 0 saturated heterocycles. The summed E-state index contributed by atoms with van der Waals surface area (Å²) in [6, 6.07) is 8.34. The lowest BCUT2D eigenvalue weighted by atomic mass is 10.0. The normalized spacial score (nSPS) is 12.2. The van der Waals surface area contributed by atoms with Crippen molar-refractivity contribution in [2.45, 2.75) is 32.7 Å². The first-order valence-corrected chi connectivity index (χ1v) is 5.08. The summed E-state index contributed by atoms with van der Waals surface area (Å²) in [7, 11) is 0. The van der Waals surface area contributed by atoms with Gasteiger partial charge in [0.2, 0.25) is 0 Å². The maximum Gasteiger partial charge on any atom is 0.0688 e. The number of nitrogens with zero attached hydrogens (tertiary/aromatic N) is 2. The van der Waals surface area contributed by atoms with Gasteiger partial charge in [-0.1, -0.05) is 25.1 Å². The minimum Gasteiger partial charge on any atom is -0.259 e. The van der Waals surface area contributed by atoms with Gasteiger partial charge in [0.1, 0.15) is 0 Å². The largest absolute Gasteiger partial charge is 0.259 e. The van der Waals surface area contributed by atoms with Crippen molar-refractivity contribution in [2.75, 3.05) is 0 Å². The highest BCUT2D eigenvalue weighted by molar-refractivity contribution is 5.78. The Morgan fingerprint density at radius 3 is 2.71 bits per heavy atom. The van der Waals surface area contributed by atoms with Crippen molar-refractivity contribution >= 4 is 10.9 Å². The molecule has 0 fully saturated rings. The lowest BCUT2D eigenvalue weighted by Crippen LogP contribution is -2.26. The number of para-hydroxylation sites is 1. The molecule has 0 amide bonds. The van der Waals surface area contributed by atoms with Gasteiger partial charge in [0.25, 0.3) is 0 Å². The minimum atomic E-state index is 0.100. The number of hydrogen-bond donors (Lipinski definition) is 0.